The molecule has 1 aromatic carbocycles. The summed E-state index contributed by atoms with van der Waals surface area (Å²) in [5.41, 5.74) is 2.24. The van der Waals surface area contributed by atoms with Crippen molar-refractivity contribution < 1.29 is 4.79 Å². The number of benzene rings is 1. The van der Waals surface area contributed by atoms with Crippen LogP contribution in [0, 0.1) is 6.92 Å². The summed E-state index contributed by atoms with van der Waals surface area (Å²) in [5.74, 6) is -0.0805. The zero-order valence-electron chi connectivity index (χ0n) is 11.5. The van der Waals surface area contributed by atoms with E-state index in [0.717, 1.165) is 21.7 Å². The van der Waals surface area contributed by atoms with Crippen LogP contribution in [0.2, 0.25) is 0 Å². The van der Waals surface area contributed by atoms with Crippen LogP contribution in [0.4, 0.5) is 5.13 Å². The highest BCUT2D eigenvalue weighted by molar-refractivity contribution is 7.16. The lowest BCUT2D eigenvalue weighted by molar-refractivity contribution is 0.103. The molecule has 2 aromatic heterocycles. The topological polar surface area (TPSA) is 42.0 Å². The number of nitrogens with zero attached hydrogens (tertiary/aromatic N) is 1. The van der Waals surface area contributed by atoms with Crippen LogP contribution >= 0.6 is 22.7 Å². The lowest BCUT2D eigenvalue weighted by Crippen LogP contribution is -2.10. The van der Waals surface area contributed by atoms with Crippen molar-refractivity contribution >= 4 is 33.7 Å². The summed E-state index contributed by atoms with van der Waals surface area (Å²) < 4.78 is 0. The second-order valence-electron chi connectivity index (χ2n) is 4.68. The molecule has 5 heteroatoms. The number of amides is 1. The Balaban J connectivity index is 1.68. The average Bonchev–Trinajstić information content (AvgIpc) is 3.09. The van der Waals surface area contributed by atoms with E-state index >= 15 is 0 Å². The van der Waals surface area contributed by atoms with Gasteiger partial charge in [-0.15, -0.1) is 22.7 Å². The van der Waals surface area contributed by atoms with Crippen molar-refractivity contribution in [3.05, 3.63) is 68.9 Å². The molecule has 0 aliphatic heterocycles. The molecule has 2 heterocycles. The second-order valence-corrected chi connectivity index (χ2v) is 6.71. The first-order valence-electron chi connectivity index (χ1n) is 6.56. The van der Waals surface area contributed by atoms with Gasteiger partial charge in [-0.3, -0.25) is 10.1 Å². The summed E-state index contributed by atoms with van der Waals surface area (Å²) >= 11 is 2.97. The Bertz CT molecular complexity index is 746. The van der Waals surface area contributed by atoms with Gasteiger partial charge in [0, 0.05) is 17.5 Å². The van der Waals surface area contributed by atoms with Crippen molar-refractivity contribution in [2.24, 2.45) is 0 Å². The maximum atomic E-state index is 12.1. The molecular formula is C16H14N2OS2. The molecule has 1 amide bonds. The Morgan fingerprint density at radius 1 is 1.24 bits per heavy atom. The fourth-order valence-electron chi connectivity index (χ4n) is 2.00. The van der Waals surface area contributed by atoms with E-state index < -0.39 is 0 Å². The number of nitrogens with one attached hydrogen (secondary N) is 1. The van der Waals surface area contributed by atoms with Crippen LogP contribution in [0.15, 0.2) is 48.0 Å². The van der Waals surface area contributed by atoms with Crippen molar-refractivity contribution in [2.45, 2.75) is 13.3 Å². The molecule has 0 bridgehead atoms. The SMILES string of the molecule is Cc1ccsc1C(=O)Nc1ncc(Cc2ccccc2)s1. The number of rotatable bonds is 4. The first-order chi connectivity index (χ1) is 10.2. The largest absolute Gasteiger partial charge is 0.297 e. The third kappa shape index (κ3) is 3.37. The maximum Gasteiger partial charge on any atom is 0.267 e. The first-order valence-corrected chi connectivity index (χ1v) is 8.26. The van der Waals surface area contributed by atoms with Gasteiger partial charge in [-0.2, -0.15) is 0 Å². The highest BCUT2D eigenvalue weighted by atomic mass is 32.1. The number of hydrogen-bond donors (Lipinski definition) is 1. The second kappa shape index (κ2) is 6.20. The summed E-state index contributed by atoms with van der Waals surface area (Å²) in [7, 11) is 0. The lowest BCUT2D eigenvalue weighted by Gasteiger charge is -2.00. The molecule has 0 aliphatic carbocycles. The molecule has 106 valence electrons. The van der Waals surface area contributed by atoms with Crippen molar-refractivity contribution in [3.63, 3.8) is 0 Å². The van der Waals surface area contributed by atoms with Gasteiger partial charge in [0.1, 0.15) is 0 Å². The van der Waals surface area contributed by atoms with Crippen LogP contribution in [0.5, 0.6) is 0 Å². The summed E-state index contributed by atoms with van der Waals surface area (Å²) in [6, 6.07) is 12.2. The van der Waals surface area contributed by atoms with E-state index in [1.807, 2.05) is 42.8 Å². The van der Waals surface area contributed by atoms with Gasteiger partial charge in [-0.1, -0.05) is 30.3 Å². The Morgan fingerprint density at radius 3 is 2.76 bits per heavy atom. The number of aryl methyl sites for hydroxylation is 1. The van der Waals surface area contributed by atoms with E-state index in [0.29, 0.717) is 5.13 Å². The van der Waals surface area contributed by atoms with Gasteiger partial charge in [-0.25, -0.2) is 4.98 Å². The molecule has 0 unspecified atom stereocenters. The van der Waals surface area contributed by atoms with E-state index in [1.54, 1.807) is 0 Å². The molecule has 0 aliphatic rings. The number of anilines is 1. The summed E-state index contributed by atoms with van der Waals surface area (Å²) in [5, 5.41) is 5.45. The molecule has 0 saturated heterocycles. The Morgan fingerprint density at radius 2 is 2.05 bits per heavy atom. The van der Waals surface area contributed by atoms with Gasteiger partial charge in [-0.05, 0) is 29.5 Å². The quantitative estimate of drug-likeness (QED) is 0.777. The van der Waals surface area contributed by atoms with Crippen molar-refractivity contribution in [2.75, 3.05) is 5.32 Å². The van der Waals surface area contributed by atoms with Gasteiger partial charge in [0.15, 0.2) is 5.13 Å². The number of aromatic nitrogens is 1. The zero-order valence-corrected chi connectivity index (χ0v) is 13.1. The maximum absolute atomic E-state index is 12.1. The number of carbonyl (C=O) groups excluding carboxylic acids is 1. The van der Waals surface area contributed by atoms with Gasteiger partial charge < -0.3 is 0 Å². The minimum Gasteiger partial charge on any atom is -0.297 e. The van der Waals surface area contributed by atoms with Gasteiger partial charge in [0.25, 0.3) is 5.91 Å². The van der Waals surface area contributed by atoms with E-state index in [2.05, 4.69) is 22.4 Å². The van der Waals surface area contributed by atoms with Crippen LogP contribution in [-0.4, -0.2) is 10.9 Å². The van der Waals surface area contributed by atoms with Gasteiger partial charge >= 0.3 is 0 Å². The fourth-order valence-corrected chi connectivity index (χ4v) is 3.67. The van der Waals surface area contributed by atoms with Crippen LogP contribution in [0.1, 0.15) is 25.7 Å². The van der Waals surface area contributed by atoms with Crippen molar-refractivity contribution in [3.8, 4) is 0 Å². The fraction of sp³-hybridized carbons (Fsp3) is 0.125. The molecule has 21 heavy (non-hydrogen) atoms. The predicted octanol–water partition coefficient (Wildman–Crippen LogP) is 4.36. The van der Waals surface area contributed by atoms with E-state index in [1.165, 1.54) is 28.2 Å². The minimum atomic E-state index is -0.0805. The predicted molar refractivity (Wildman–Crippen MR) is 88.4 cm³/mol. The summed E-state index contributed by atoms with van der Waals surface area (Å²) in [4.78, 5) is 18.3. The average molecular weight is 314 g/mol. The summed E-state index contributed by atoms with van der Waals surface area (Å²) in [6.07, 6.45) is 2.67. The third-order valence-electron chi connectivity index (χ3n) is 3.06. The van der Waals surface area contributed by atoms with Gasteiger partial charge in [0.2, 0.25) is 0 Å². The minimum absolute atomic E-state index is 0.0805. The van der Waals surface area contributed by atoms with Crippen LogP contribution in [-0.2, 0) is 6.42 Å². The van der Waals surface area contributed by atoms with Crippen LogP contribution < -0.4 is 5.32 Å². The summed E-state index contributed by atoms with van der Waals surface area (Å²) in [6.45, 7) is 1.94. The first kappa shape index (κ1) is 14.0. The molecule has 3 nitrogen and oxygen atoms in total. The molecule has 0 radical (unpaired) electrons. The number of hydrogen-bond acceptors (Lipinski definition) is 4. The molecule has 0 saturated carbocycles. The van der Waals surface area contributed by atoms with E-state index in [9.17, 15) is 4.79 Å². The molecule has 0 fully saturated rings. The number of thiazole rings is 1. The van der Waals surface area contributed by atoms with E-state index in [4.69, 9.17) is 0 Å². The van der Waals surface area contributed by atoms with Gasteiger partial charge in [0.05, 0.1) is 4.88 Å². The standard InChI is InChI=1S/C16H14N2OS2/c1-11-7-8-20-14(11)15(19)18-16-17-10-13(21-16)9-12-5-3-2-4-6-12/h2-8,10H,9H2,1H3,(H,17,18,19). The molecule has 1 N–H and O–H groups in total. The Labute approximate surface area is 131 Å². The normalized spacial score (nSPS) is 10.5. The van der Waals surface area contributed by atoms with Crippen LogP contribution in [0.3, 0.4) is 0 Å². The molecular weight excluding hydrogens is 300 g/mol. The highest BCUT2D eigenvalue weighted by Crippen LogP contribution is 2.23. The molecule has 0 atom stereocenters. The Hall–Kier alpha value is -1.98. The number of thiophene rings is 1. The highest BCUT2D eigenvalue weighted by Gasteiger charge is 2.12. The van der Waals surface area contributed by atoms with E-state index in [-0.39, 0.29) is 5.91 Å². The number of carbonyl (C=O) groups is 1. The molecule has 3 aromatic rings. The van der Waals surface area contributed by atoms with Crippen molar-refractivity contribution in [1.82, 2.24) is 4.98 Å². The smallest absolute Gasteiger partial charge is 0.267 e. The molecule has 3 rings (SSSR count). The zero-order chi connectivity index (χ0) is 14.7. The monoisotopic (exact) mass is 314 g/mol. The third-order valence-corrected chi connectivity index (χ3v) is 4.99. The van der Waals surface area contributed by atoms with Crippen molar-refractivity contribution in [1.29, 1.82) is 0 Å². The Kier molecular flexibility index (Phi) is 4.13. The lowest BCUT2D eigenvalue weighted by atomic mass is 10.1. The van der Waals surface area contributed by atoms with Crippen LogP contribution in [0.25, 0.3) is 0 Å². The molecule has 0 spiro atoms.